The number of carboxylic acids is 1. The monoisotopic (exact) mass is 275 g/mol. The van der Waals surface area contributed by atoms with Crippen molar-refractivity contribution in [3.8, 4) is 0 Å². The summed E-state index contributed by atoms with van der Waals surface area (Å²) < 4.78 is 0. The maximum atomic E-state index is 12.2. The molecule has 2 aromatic rings. The highest BCUT2D eigenvalue weighted by Crippen LogP contribution is 2.14. The van der Waals surface area contributed by atoms with Gasteiger partial charge in [0.05, 0.1) is 18.1 Å². The van der Waals surface area contributed by atoms with Gasteiger partial charge in [-0.1, -0.05) is 19.9 Å². The molecule has 2 rings (SSSR count). The number of benzene rings is 1. The van der Waals surface area contributed by atoms with Crippen LogP contribution in [0.25, 0.3) is 10.9 Å². The van der Waals surface area contributed by atoms with Crippen molar-refractivity contribution in [3.05, 3.63) is 30.0 Å². The molecule has 1 aromatic carbocycles. The van der Waals surface area contributed by atoms with Crippen LogP contribution in [0, 0.1) is 5.92 Å². The number of hydrogen-bond acceptors (Lipinski definition) is 3. The van der Waals surface area contributed by atoms with Gasteiger partial charge >= 0.3 is 5.97 Å². The number of hydrogen-bond donors (Lipinski definition) is 3. The van der Waals surface area contributed by atoms with E-state index in [1.807, 2.05) is 13.8 Å². The number of carboxylic acid groups (broad SMARTS) is 1. The molecule has 0 saturated heterocycles. The van der Waals surface area contributed by atoms with E-state index in [0.717, 1.165) is 10.9 Å². The molecule has 0 spiro atoms. The van der Waals surface area contributed by atoms with Gasteiger partial charge in [-0.3, -0.25) is 14.7 Å². The molecule has 0 radical (unpaired) electrons. The lowest BCUT2D eigenvalue weighted by Gasteiger charge is -2.20. The van der Waals surface area contributed by atoms with Gasteiger partial charge in [0.25, 0.3) is 5.91 Å². The number of nitrogens with one attached hydrogen (secondary N) is 2. The van der Waals surface area contributed by atoms with Crippen molar-refractivity contribution in [3.63, 3.8) is 0 Å². The second kappa shape index (κ2) is 5.73. The van der Waals surface area contributed by atoms with Gasteiger partial charge in [0, 0.05) is 17.0 Å². The summed E-state index contributed by atoms with van der Waals surface area (Å²) in [6.45, 7) is 3.76. The fourth-order valence-corrected chi connectivity index (χ4v) is 1.97. The minimum Gasteiger partial charge on any atom is -0.481 e. The Morgan fingerprint density at radius 1 is 1.40 bits per heavy atom. The van der Waals surface area contributed by atoms with Crippen LogP contribution in [0.4, 0.5) is 0 Å². The Labute approximate surface area is 116 Å². The van der Waals surface area contributed by atoms with Gasteiger partial charge < -0.3 is 10.4 Å². The number of H-pyrrole nitrogens is 1. The van der Waals surface area contributed by atoms with Crippen LogP contribution in [0.1, 0.15) is 30.6 Å². The lowest BCUT2D eigenvalue weighted by molar-refractivity contribution is -0.137. The third-order valence-corrected chi connectivity index (χ3v) is 3.22. The first-order valence-corrected chi connectivity index (χ1v) is 6.43. The number of carbonyl (C=O) groups is 2. The molecule has 1 unspecified atom stereocenters. The highest BCUT2D eigenvalue weighted by molar-refractivity contribution is 5.98. The number of fused-ring (bicyclic) bond motifs is 1. The number of aromatic nitrogens is 2. The molecule has 1 amide bonds. The quantitative estimate of drug-likeness (QED) is 0.775. The standard InChI is InChI=1S/C14H17N3O3/c1-8(2)11(6-13(18)19)16-14(20)9-3-4-10-7-15-17-12(10)5-9/h3-5,7-8,11H,6H2,1-2H3,(H,15,17)(H,16,20)(H,18,19). The van der Waals surface area contributed by atoms with Crippen molar-refractivity contribution < 1.29 is 14.7 Å². The van der Waals surface area contributed by atoms with E-state index >= 15 is 0 Å². The smallest absolute Gasteiger partial charge is 0.305 e. The minimum absolute atomic E-state index is 0.0472. The summed E-state index contributed by atoms with van der Waals surface area (Å²) in [6, 6.07) is 4.81. The summed E-state index contributed by atoms with van der Waals surface area (Å²) in [4.78, 5) is 23.0. The van der Waals surface area contributed by atoms with Crippen molar-refractivity contribution in [1.82, 2.24) is 15.5 Å². The normalized spacial score (nSPS) is 12.6. The van der Waals surface area contributed by atoms with E-state index in [-0.39, 0.29) is 18.2 Å². The largest absolute Gasteiger partial charge is 0.481 e. The van der Waals surface area contributed by atoms with E-state index in [1.165, 1.54) is 0 Å². The van der Waals surface area contributed by atoms with E-state index in [0.29, 0.717) is 5.56 Å². The average Bonchev–Trinajstić information content (AvgIpc) is 2.84. The zero-order valence-electron chi connectivity index (χ0n) is 11.4. The molecule has 20 heavy (non-hydrogen) atoms. The van der Waals surface area contributed by atoms with Crippen LogP contribution in [-0.4, -0.2) is 33.2 Å². The first-order chi connectivity index (χ1) is 9.47. The zero-order valence-corrected chi connectivity index (χ0v) is 11.4. The molecular formula is C14H17N3O3. The van der Waals surface area contributed by atoms with Crippen LogP contribution in [0.5, 0.6) is 0 Å². The maximum absolute atomic E-state index is 12.2. The molecule has 0 saturated carbocycles. The van der Waals surface area contributed by atoms with E-state index in [9.17, 15) is 9.59 Å². The van der Waals surface area contributed by atoms with Crippen molar-refractivity contribution >= 4 is 22.8 Å². The summed E-state index contributed by atoms with van der Waals surface area (Å²) in [5.41, 5.74) is 1.26. The molecule has 1 atom stereocenters. The predicted molar refractivity (Wildman–Crippen MR) is 74.4 cm³/mol. The molecule has 0 aliphatic rings. The minimum atomic E-state index is -0.923. The highest BCUT2D eigenvalue weighted by Gasteiger charge is 2.20. The summed E-state index contributed by atoms with van der Waals surface area (Å²) >= 11 is 0. The Morgan fingerprint density at radius 3 is 2.80 bits per heavy atom. The third kappa shape index (κ3) is 3.14. The molecule has 1 aromatic heterocycles. The van der Waals surface area contributed by atoms with Crippen LogP contribution < -0.4 is 5.32 Å². The molecule has 6 nitrogen and oxygen atoms in total. The summed E-state index contributed by atoms with van der Waals surface area (Å²) in [5.74, 6) is -1.15. The molecule has 6 heteroatoms. The van der Waals surface area contributed by atoms with Crippen LogP contribution >= 0.6 is 0 Å². The first kappa shape index (κ1) is 14.0. The fraction of sp³-hybridized carbons (Fsp3) is 0.357. The van der Waals surface area contributed by atoms with Gasteiger partial charge in [0.1, 0.15) is 0 Å². The molecule has 3 N–H and O–H groups in total. The highest BCUT2D eigenvalue weighted by atomic mass is 16.4. The van der Waals surface area contributed by atoms with Crippen LogP contribution in [0.3, 0.4) is 0 Å². The summed E-state index contributed by atoms with van der Waals surface area (Å²) in [7, 11) is 0. The Balaban J connectivity index is 2.14. The van der Waals surface area contributed by atoms with Crippen LogP contribution in [-0.2, 0) is 4.79 Å². The Hall–Kier alpha value is -2.37. The SMILES string of the molecule is CC(C)C(CC(=O)O)NC(=O)c1ccc2cn[nH]c2c1. The molecule has 1 heterocycles. The van der Waals surface area contributed by atoms with Gasteiger partial charge in [-0.2, -0.15) is 5.10 Å². The number of aliphatic carboxylic acids is 1. The van der Waals surface area contributed by atoms with Crippen molar-refractivity contribution in [2.24, 2.45) is 5.92 Å². The topological polar surface area (TPSA) is 95.1 Å². The lowest BCUT2D eigenvalue weighted by atomic mass is 10.0. The molecular weight excluding hydrogens is 258 g/mol. The summed E-state index contributed by atoms with van der Waals surface area (Å²) in [6.07, 6.45) is 1.59. The Morgan fingerprint density at radius 2 is 2.15 bits per heavy atom. The van der Waals surface area contributed by atoms with Gasteiger partial charge in [0.2, 0.25) is 0 Å². The van der Waals surface area contributed by atoms with E-state index < -0.39 is 12.0 Å². The second-order valence-corrected chi connectivity index (χ2v) is 5.09. The summed E-state index contributed by atoms with van der Waals surface area (Å²) in [5, 5.41) is 19.3. The van der Waals surface area contributed by atoms with Crippen LogP contribution in [0.15, 0.2) is 24.4 Å². The van der Waals surface area contributed by atoms with Gasteiger partial charge in [0.15, 0.2) is 0 Å². The molecule has 0 aliphatic carbocycles. The van der Waals surface area contributed by atoms with Crippen molar-refractivity contribution in [2.75, 3.05) is 0 Å². The number of nitrogens with zero attached hydrogens (tertiary/aromatic N) is 1. The number of amides is 1. The number of carbonyl (C=O) groups excluding carboxylic acids is 1. The van der Waals surface area contributed by atoms with Gasteiger partial charge in [-0.25, -0.2) is 0 Å². The van der Waals surface area contributed by atoms with E-state index in [2.05, 4.69) is 15.5 Å². The molecule has 0 bridgehead atoms. The molecule has 0 fully saturated rings. The van der Waals surface area contributed by atoms with Gasteiger partial charge in [-0.15, -0.1) is 0 Å². The fourth-order valence-electron chi connectivity index (χ4n) is 1.97. The van der Waals surface area contributed by atoms with Crippen molar-refractivity contribution in [2.45, 2.75) is 26.3 Å². The average molecular weight is 275 g/mol. The zero-order chi connectivity index (χ0) is 14.7. The Kier molecular flexibility index (Phi) is 4.02. The van der Waals surface area contributed by atoms with Gasteiger partial charge in [-0.05, 0) is 18.1 Å². The van der Waals surface area contributed by atoms with E-state index in [1.54, 1.807) is 24.4 Å². The predicted octanol–water partition coefficient (Wildman–Crippen LogP) is 1.79. The second-order valence-electron chi connectivity index (χ2n) is 5.09. The van der Waals surface area contributed by atoms with Crippen molar-refractivity contribution in [1.29, 1.82) is 0 Å². The maximum Gasteiger partial charge on any atom is 0.305 e. The third-order valence-electron chi connectivity index (χ3n) is 3.22. The first-order valence-electron chi connectivity index (χ1n) is 6.43. The molecule has 0 aliphatic heterocycles. The van der Waals surface area contributed by atoms with Crippen LogP contribution in [0.2, 0.25) is 0 Å². The lowest BCUT2D eigenvalue weighted by Crippen LogP contribution is -2.40. The molecule has 106 valence electrons. The Bertz CT molecular complexity index is 633. The van der Waals surface area contributed by atoms with E-state index in [4.69, 9.17) is 5.11 Å². The number of rotatable bonds is 5. The number of aromatic amines is 1.